The molecule has 6 heteroatoms. The molecule has 1 aromatic heterocycles. The second-order valence-corrected chi connectivity index (χ2v) is 6.65. The molecule has 0 atom stereocenters. The molecule has 0 saturated heterocycles. The molecule has 0 unspecified atom stereocenters. The van der Waals surface area contributed by atoms with Gasteiger partial charge < -0.3 is 14.8 Å². The Bertz CT molecular complexity index is 843. The average Bonchev–Trinajstić information content (AvgIpc) is 3.04. The van der Waals surface area contributed by atoms with Crippen LogP contribution in [0.2, 0.25) is 0 Å². The number of nitrogens with one attached hydrogen (secondary N) is 1. The van der Waals surface area contributed by atoms with Crippen LogP contribution in [0.1, 0.15) is 10.6 Å². The van der Waals surface area contributed by atoms with Crippen LogP contribution in [-0.4, -0.2) is 31.7 Å². The Labute approximate surface area is 150 Å². The Balaban J connectivity index is 1.56. The van der Waals surface area contributed by atoms with Crippen LogP contribution in [0, 0.1) is 0 Å². The fraction of sp³-hybridized carbons (Fsp3) is 0.263. The second-order valence-electron chi connectivity index (χ2n) is 5.53. The molecule has 0 aliphatic rings. The molecule has 3 aromatic rings. The van der Waals surface area contributed by atoms with Crippen molar-refractivity contribution < 1.29 is 14.3 Å². The quantitative estimate of drug-likeness (QED) is 0.706. The smallest absolute Gasteiger partial charge is 0.224 e. The lowest BCUT2D eigenvalue weighted by molar-refractivity contribution is -0.120. The largest absolute Gasteiger partial charge is 0.497 e. The molecule has 0 bridgehead atoms. The van der Waals surface area contributed by atoms with E-state index in [-0.39, 0.29) is 12.3 Å². The van der Waals surface area contributed by atoms with E-state index in [1.165, 1.54) is 4.70 Å². The van der Waals surface area contributed by atoms with Crippen LogP contribution in [-0.2, 0) is 17.6 Å². The van der Waals surface area contributed by atoms with Crippen molar-refractivity contribution in [3.05, 3.63) is 53.0 Å². The van der Waals surface area contributed by atoms with Gasteiger partial charge in [0.25, 0.3) is 0 Å². The number of ether oxygens (including phenoxy) is 2. The summed E-state index contributed by atoms with van der Waals surface area (Å²) in [5.74, 6) is 1.34. The molecule has 0 spiro atoms. The fourth-order valence-corrected chi connectivity index (χ4v) is 3.56. The normalized spacial score (nSPS) is 10.6. The van der Waals surface area contributed by atoms with Gasteiger partial charge in [0.15, 0.2) is 0 Å². The number of para-hydroxylation sites is 1. The van der Waals surface area contributed by atoms with E-state index in [1.807, 2.05) is 36.4 Å². The molecule has 0 fully saturated rings. The number of amides is 1. The third-order valence-electron chi connectivity index (χ3n) is 3.84. The van der Waals surface area contributed by atoms with E-state index in [1.54, 1.807) is 25.6 Å². The zero-order valence-electron chi connectivity index (χ0n) is 14.2. The first-order valence-corrected chi connectivity index (χ1v) is 8.83. The number of aromatic nitrogens is 1. The van der Waals surface area contributed by atoms with Crippen LogP contribution in [0.3, 0.4) is 0 Å². The Hall–Kier alpha value is -2.60. The van der Waals surface area contributed by atoms with Crippen molar-refractivity contribution in [3.8, 4) is 11.5 Å². The van der Waals surface area contributed by atoms with Crippen LogP contribution in [0.4, 0.5) is 0 Å². The van der Waals surface area contributed by atoms with Crippen LogP contribution < -0.4 is 14.8 Å². The number of benzene rings is 2. The van der Waals surface area contributed by atoms with E-state index >= 15 is 0 Å². The highest BCUT2D eigenvalue weighted by Gasteiger charge is 2.10. The summed E-state index contributed by atoms with van der Waals surface area (Å²) in [6.45, 7) is 0.560. The predicted molar refractivity (Wildman–Crippen MR) is 99.6 cm³/mol. The van der Waals surface area contributed by atoms with Gasteiger partial charge in [-0.1, -0.05) is 12.1 Å². The summed E-state index contributed by atoms with van der Waals surface area (Å²) in [5.41, 5.74) is 1.81. The first kappa shape index (κ1) is 17.2. The van der Waals surface area contributed by atoms with E-state index in [0.29, 0.717) is 18.0 Å². The standard InChI is InChI=1S/C19H20N2O3S/c1-23-14-7-8-16(24-2)13(11-14)12-18(22)20-10-9-19-21-15-5-3-4-6-17(15)25-19/h3-8,11H,9-10,12H2,1-2H3,(H,20,22). The van der Waals surface area contributed by atoms with Crippen molar-refractivity contribution in [2.24, 2.45) is 0 Å². The molecule has 5 nitrogen and oxygen atoms in total. The Morgan fingerprint density at radius 2 is 2.00 bits per heavy atom. The van der Waals surface area contributed by atoms with Crippen molar-refractivity contribution in [2.75, 3.05) is 20.8 Å². The monoisotopic (exact) mass is 356 g/mol. The molecule has 0 aliphatic carbocycles. The van der Waals surface area contributed by atoms with Gasteiger partial charge in [0.05, 0.1) is 35.9 Å². The molecule has 1 amide bonds. The highest BCUT2D eigenvalue weighted by molar-refractivity contribution is 7.18. The summed E-state index contributed by atoms with van der Waals surface area (Å²) in [6.07, 6.45) is 0.973. The molecule has 3 rings (SSSR count). The van der Waals surface area contributed by atoms with Crippen LogP contribution in [0.25, 0.3) is 10.2 Å². The van der Waals surface area contributed by atoms with E-state index in [9.17, 15) is 4.79 Å². The second kappa shape index (κ2) is 7.98. The lowest BCUT2D eigenvalue weighted by atomic mass is 10.1. The summed E-state index contributed by atoms with van der Waals surface area (Å²) in [7, 11) is 3.19. The number of methoxy groups -OCH3 is 2. The number of nitrogens with zero attached hydrogens (tertiary/aromatic N) is 1. The highest BCUT2D eigenvalue weighted by Crippen LogP contribution is 2.24. The maximum Gasteiger partial charge on any atom is 0.224 e. The predicted octanol–water partition coefficient (Wildman–Crippen LogP) is 3.21. The third-order valence-corrected chi connectivity index (χ3v) is 4.93. The molecule has 1 N–H and O–H groups in total. The molecule has 0 radical (unpaired) electrons. The van der Waals surface area contributed by atoms with Crippen molar-refractivity contribution in [1.29, 1.82) is 0 Å². The van der Waals surface area contributed by atoms with Gasteiger partial charge in [0.1, 0.15) is 11.5 Å². The zero-order chi connectivity index (χ0) is 17.6. The van der Waals surface area contributed by atoms with Crippen molar-refractivity contribution >= 4 is 27.5 Å². The number of rotatable bonds is 7. The summed E-state index contributed by atoms with van der Waals surface area (Å²) >= 11 is 1.66. The number of hydrogen-bond acceptors (Lipinski definition) is 5. The van der Waals surface area contributed by atoms with Gasteiger partial charge in [-0.15, -0.1) is 11.3 Å². The van der Waals surface area contributed by atoms with Gasteiger partial charge in [-0.25, -0.2) is 4.98 Å². The number of carbonyl (C=O) groups excluding carboxylic acids is 1. The van der Waals surface area contributed by atoms with E-state index in [4.69, 9.17) is 9.47 Å². The lowest BCUT2D eigenvalue weighted by Crippen LogP contribution is -2.27. The number of hydrogen-bond donors (Lipinski definition) is 1. The minimum Gasteiger partial charge on any atom is -0.497 e. The van der Waals surface area contributed by atoms with Gasteiger partial charge in [0.2, 0.25) is 5.91 Å². The molecule has 2 aromatic carbocycles. The van der Waals surface area contributed by atoms with Crippen molar-refractivity contribution in [2.45, 2.75) is 12.8 Å². The van der Waals surface area contributed by atoms with E-state index in [0.717, 1.165) is 22.5 Å². The topological polar surface area (TPSA) is 60.5 Å². The van der Waals surface area contributed by atoms with Crippen LogP contribution >= 0.6 is 11.3 Å². The van der Waals surface area contributed by atoms with Crippen molar-refractivity contribution in [1.82, 2.24) is 10.3 Å². The molecule has 1 heterocycles. The molecule has 130 valence electrons. The number of carbonyl (C=O) groups is 1. The summed E-state index contributed by atoms with van der Waals surface area (Å²) in [6, 6.07) is 13.5. The van der Waals surface area contributed by atoms with Gasteiger partial charge in [-0.3, -0.25) is 4.79 Å². The SMILES string of the molecule is COc1ccc(OC)c(CC(=O)NCCc2nc3ccccc3s2)c1. The first-order valence-electron chi connectivity index (χ1n) is 8.01. The Morgan fingerprint density at radius 3 is 2.76 bits per heavy atom. The maximum absolute atomic E-state index is 12.2. The molecule has 25 heavy (non-hydrogen) atoms. The minimum absolute atomic E-state index is 0.0485. The van der Waals surface area contributed by atoms with Crippen LogP contribution in [0.5, 0.6) is 11.5 Å². The maximum atomic E-state index is 12.2. The van der Waals surface area contributed by atoms with E-state index < -0.39 is 0 Å². The Kier molecular flexibility index (Phi) is 5.50. The molecular formula is C19H20N2O3S. The fourth-order valence-electron chi connectivity index (χ4n) is 2.59. The number of thiazole rings is 1. The highest BCUT2D eigenvalue weighted by atomic mass is 32.1. The van der Waals surface area contributed by atoms with Gasteiger partial charge in [-0.2, -0.15) is 0 Å². The van der Waals surface area contributed by atoms with Crippen LogP contribution in [0.15, 0.2) is 42.5 Å². The zero-order valence-corrected chi connectivity index (χ0v) is 15.1. The summed E-state index contributed by atoms with van der Waals surface area (Å²) < 4.78 is 11.7. The average molecular weight is 356 g/mol. The third kappa shape index (κ3) is 4.28. The number of fused-ring (bicyclic) bond motifs is 1. The summed E-state index contributed by atoms with van der Waals surface area (Å²) in [5, 5.41) is 3.97. The molecular weight excluding hydrogens is 336 g/mol. The Morgan fingerprint density at radius 1 is 1.16 bits per heavy atom. The lowest BCUT2D eigenvalue weighted by Gasteiger charge is -2.10. The van der Waals surface area contributed by atoms with Gasteiger partial charge in [0, 0.05) is 18.5 Å². The van der Waals surface area contributed by atoms with Gasteiger partial charge >= 0.3 is 0 Å². The molecule has 0 saturated carbocycles. The van der Waals surface area contributed by atoms with Crippen molar-refractivity contribution in [3.63, 3.8) is 0 Å². The molecule has 0 aliphatic heterocycles. The van der Waals surface area contributed by atoms with Gasteiger partial charge in [-0.05, 0) is 30.3 Å². The minimum atomic E-state index is -0.0485. The summed E-state index contributed by atoms with van der Waals surface area (Å²) in [4.78, 5) is 16.8. The van der Waals surface area contributed by atoms with E-state index in [2.05, 4.69) is 16.4 Å². The first-order chi connectivity index (χ1) is 12.2.